The van der Waals surface area contributed by atoms with Gasteiger partial charge in [0.15, 0.2) is 9.84 Å². The average Bonchev–Trinajstić information content (AvgIpc) is 3.86. The van der Waals surface area contributed by atoms with Crippen LogP contribution in [-0.2, 0) is 25.8 Å². The molecule has 8 heteroatoms. The van der Waals surface area contributed by atoms with Gasteiger partial charge in [-0.15, -0.1) is 0 Å². The quantitative estimate of drug-likeness (QED) is 0.236. The zero-order chi connectivity index (χ0) is 29.8. The summed E-state index contributed by atoms with van der Waals surface area (Å²) < 4.78 is 57.4. The van der Waals surface area contributed by atoms with Gasteiger partial charge in [-0.1, -0.05) is 18.2 Å². The molecule has 0 bridgehead atoms. The molecule has 4 atom stereocenters. The summed E-state index contributed by atoms with van der Waals surface area (Å²) in [5.41, 5.74) is 5.66. The average molecular weight is 593 g/mol. The van der Waals surface area contributed by atoms with Crippen molar-refractivity contribution in [2.24, 2.45) is 11.8 Å². The summed E-state index contributed by atoms with van der Waals surface area (Å²) in [7, 11) is -3.34. The summed E-state index contributed by atoms with van der Waals surface area (Å²) in [4.78, 5) is 12.0. The molecule has 2 saturated carbocycles. The molecule has 2 fully saturated rings. The molecule has 3 aromatic carbocycles. The molecule has 1 unspecified atom stereocenters. The number of rotatable bonds is 10. The molecule has 0 heterocycles. The van der Waals surface area contributed by atoms with Crippen molar-refractivity contribution in [1.82, 2.24) is 0 Å². The minimum Gasteiger partial charge on any atom is -0.486 e. The maximum atomic E-state index is 15.3. The lowest BCUT2D eigenvalue weighted by molar-refractivity contribution is -0.144. The van der Waals surface area contributed by atoms with Crippen LogP contribution in [-0.4, -0.2) is 32.7 Å². The lowest BCUT2D eigenvalue weighted by Crippen LogP contribution is -2.28. The molecule has 0 aromatic heterocycles. The van der Waals surface area contributed by atoms with Crippen molar-refractivity contribution < 1.29 is 31.8 Å². The van der Waals surface area contributed by atoms with Crippen molar-refractivity contribution in [3.63, 3.8) is 0 Å². The maximum absolute atomic E-state index is 15.3. The molecule has 0 aliphatic heterocycles. The number of carbonyl (C=O) groups excluding carboxylic acids is 1. The van der Waals surface area contributed by atoms with Crippen molar-refractivity contribution >= 4 is 15.8 Å². The zero-order valence-corrected chi connectivity index (χ0v) is 25.3. The summed E-state index contributed by atoms with van der Waals surface area (Å²) >= 11 is 0. The molecular formula is C34H37FO6S. The number of aryl methyl sites for hydroxylation is 2. The summed E-state index contributed by atoms with van der Waals surface area (Å²) in [6, 6.07) is 14.9. The molecule has 222 valence electrons. The lowest BCUT2D eigenvalue weighted by Gasteiger charge is -2.21. The summed E-state index contributed by atoms with van der Waals surface area (Å²) in [5.74, 6) is 0.944. The SMILES string of the molecule is CCOC(=O)[C@H]1C[C@@H]1c1ccc(O[C@@H]2CCc3c(-c4c(C)cc(OC(C5CC5)S(C)(=O)=O)cc4C)ccc(F)c32)cc1. The van der Waals surface area contributed by atoms with Crippen LogP contribution in [0.1, 0.15) is 72.4 Å². The number of benzene rings is 3. The molecule has 3 aromatic rings. The van der Waals surface area contributed by atoms with Crippen molar-refractivity contribution in [1.29, 1.82) is 0 Å². The van der Waals surface area contributed by atoms with Gasteiger partial charge in [-0.05, 0) is 123 Å². The van der Waals surface area contributed by atoms with Crippen LogP contribution in [0.15, 0.2) is 48.5 Å². The zero-order valence-electron chi connectivity index (χ0n) is 24.5. The van der Waals surface area contributed by atoms with Crippen LogP contribution in [0, 0.1) is 31.5 Å². The van der Waals surface area contributed by atoms with Gasteiger partial charge in [0.2, 0.25) is 5.44 Å². The molecule has 3 aliphatic rings. The second-order valence-electron chi connectivity index (χ2n) is 12.0. The van der Waals surface area contributed by atoms with Gasteiger partial charge in [0.05, 0.1) is 12.5 Å². The van der Waals surface area contributed by atoms with E-state index in [9.17, 15) is 13.2 Å². The second-order valence-corrected chi connectivity index (χ2v) is 14.1. The molecule has 0 spiro atoms. The predicted octanol–water partition coefficient (Wildman–Crippen LogP) is 7.00. The fourth-order valence-electron chi connectivity index (χ4n) is 6.51. The number of hydrogen-bond acceptors (Lipinski definition) is 6. The molecule has 3 aliphatic carbocycles. The van der Waals surface area contributed by atoms with E-state index < -0.39 is 21.4 Å². The number of fused-ring (bicyclic) bond motifs is 1. The minimum absolute atomic E-state index is 0.0454. The molecule has 6 nitrogen and oxygen atoms in total. The standard InChI is InChI=1S/C34H37FO6S/c1-5-39-33(36)28-18-27(28)21-8-10-23(11-9-21)40-30-15-13-26-25(12-14-29(35)32(26)30)31-19(2)16-24(17-20(31)3)41-34(22-6-7-22)42(4,37)38/h8-12,14,16-17,22,27-28,30,34H,5-7,13,15,18H2,1-4H3/t27-,28+,30-,34?/m1/s1. The van der Waals surface area contributed by atoms with Crippen LogP contribution in [0.2, 0.25) is 0 Å². The highest BCUT2D eigenvalue weighted by Crippen LogP contribution is 2.49. The third-order valence-electron chi connectivity index (χ3n) is 8.71. The van der Waals surface area contributed by atoms with Crippen molar-refractivity contribution in [2.75, 3.05) is 12.9 Å². The number of halogens is 1. The highest BCUT2D eigenvalue weighted by atomic mass is 32.2. The van der Waals surface area contributed by atoms with Crippen LogP contribution in [0.3, 0.4) is 0 Å². The van der Waals surface area contributed by atoms with E-state index >= 15 is 4.39 Å². The fraction of sp³-hybridized carbons (Fsp3) is 0.441. The third kappa shape index (κ3) is 5.65. The van der Waals surface area contributed by atoms with Crippen molar-refractivity contribution in [2.45, 2.75) is 70.3 Å². The molecule has 0 saturated heterocycles. The first-order chi connectivity index (χ1) is 20.0. The van der Waals surface area contributed by atoms with Gasteiger partial charge in [0.25, 0.3) is 0 Å². The molecule has 42 heavy (non-hydrogen) atoms. The van der Waals surface area contributed by atoms with E-state index in [-0.39, 0.29) is 29.5 Å². The van der Waals surface area contributed by atoms with Gasteiger partial charge in [0.1, 0.15) is 23.4 Å². The Hall–Kier alpha value is -3.39. The highest BCUT2D eigenvalue weighted by Gasteiger charge is 2.45. The Labute approximate surface area is 247 Å². The van der Waals surface area contributed by atoms with E-state index in [0.717, 1.165) is 52.6 Å². The highest BCUT2D eigenvalue weighted by molar-refractivity contribution is 7.91. The maximum Gasteiger partial charge on any atom is 0.309 e. The van der Waals surface area contributed by atoms with E-state index in [2.05, 4.69) is 0 Å². The van der Waals surface area contributed by atoms with Gasteiger partial charge >= 0.3 is 5.97 Å². The summed E-state index contributed by atoms with van der Waals surface area (Å²) in [6.07, 6.45) is 4.69. The second kappa shape index (κ2) is 11.0. The Bertz CT molecular complexity index is 1600. The number of carbonyl (C=O) groups is 1. The Kier molecular flexibility index (Phi) is 7.54. The predicted molar refractivity (Wildman–Crippen MR) is 159 cm³/mol. The largest absolute Gasteiger partial charge is 0.486 e. The first-order valence-electron chi connectivity index (χ1n) is 14.8. The van der Waals surface area contributed by atoms with Crippen LogP contribution < -0.4 is 9.47 Å². The molecule has 0 radical (unpaired) electrons. The van der Waals surface area contributed by atoms with Crippen LogP contribution in [0.5, 0.6) is 11.5 Å². The van der Waals surface area contributed by atoms with Crippen molar-refractivity contribution in [3.05, 3.63) is 82.2 Å². The smallest absolute Gasteiger partial charge is 0.309 e. The molecule has 0 N–H and O–H groups in total. The number of esters is 1. The number of sulfone groups is 1. The molecular weight excluding hydrogens is 555 g/mol. The topological polar surface area (TPSA) is 78.9 Å². The van der Waals surface area contributed by atoms with Crippen LogP contribution in [0.4, 0.5) is 4.39 Å². The van der Waals surface area contributed by atoms with Gasteiger partial charge in [-0.3, -0.25) is 4.79 Å². The van der Waals surface area contributed by atoms with E-state index in [1.54, 1.807) is 0 Å². The van der Waals surface area contributed by atoms with E-state index in [0.29, 0.717) is 36.5 Å². The monoisotopic (exact) mass is 592 g/mol. The Morgan fingerprint density at radius 2 is 1.69 bits per heavy atom. The van der Waals surface area contributed by atoms with Gasteiger partial charge < -0.3 is 14.2 Å². The summed E-state index contributed by atoms with van der Waals surface area (Å²) in [5, 5.41) is 0. The first-order valence-corrected chi connectivity index (χ1v) is 16.7. The van der Waals surface area contributed by atoms with Crippen LogP contribution >= 0.6 is 0 Å². The Balaban J connectivity index is 1.22. The normalized spacial score (nSPS) is 21.9. The van der Waals surface area contributed by atoms with E-state index in [4.69, 9.17) is 14.2 Å². The molecule has 6 rings (SSSR count). The van der Waals surface area contributed by atoms with Gasteiger partial charge in [-0.25, -0.2) is 12.8 Å². The van der Waals surface area contributed by atoms with Crippen LogP contribution in [0.25, 0.3) is 11.1 Å². The van der Waals surface area contributed by atoms with E-state index in [1.807, 2.05) is 63.2 Å². The van der Waals surface area contributed by atoms with Gasteiger partial charge in [0, 0.05) is 17.7 Å². The number of ether oxygens (including phenoxy) is 3. The summed E-state index contributed by atoms with van der Waals surface area (Å²) in [6.45, 7) is 6.17. The van der Waals surface area contributed by atoms with E-state index in [1.165, 1.54) is 12.3 Å². The Morgan fingerprint density at radius 3 is 2.31 bits per heavy atom. The minimum atomic E-state index is -3.34. The number of hydrogen-bond donors (Lipinski definition) is 0. The Morgan fingerprint density at radius 1 is 1.00 bits per heavy atom. The van der Waals surface area contributed by atoms with Crippen molar-refractivity contribution in [3.8, 4) is 22.6 Å². The van der Waals surface area contributed by atoms with Gasteiger partial charge in [-0.2, -0.15) is 0 Å². The fourth-order valence-corrected chi connectivity index (χ4v) is 7.77. The lowest BCUT2D eigenvalue weighted by atomic mass is 9.90. The molecule has 0 amide bonds. The first kappa shape index (κ1) is 28.7. The third-order valence-corrected chi connectivity index (χ3v) is 10.0.